The summed E-state index contributed by atoms with van der Waals surface area (Å²) in [6.45, 7) is 1.72. The van der Waals surface area contributed by atoms with Crippen molar-refractivity contribution in [2.24, 2.45) is 0 Å². The van der Waals surface area contributed by atoms with Crippen molar-refractivity contribution in [1.29, 1.82) is 0 Å². The number of aromatic nitrogens is 3. The molecule has 4 aromatic rings. The molecule has 0 aliphatic heterocycles. The number of hydrogen-bond acceptors (Lipinski definition) is 6. The topological polar surface area (TPSA) is 90.1 Å². The number of pyridine rings is 1. The molecule has 7 nitrogen and oxygen atoms in total. The van der Waals surface area contributed by atoms with E-state index in [-0.39, 0.29) is 12.5 Å². The molecule has 0 bridgehead atoms. The minimum atomic E-state index is -0.316. The van der Waals surface area contributed by atoms with Crippen LogP contribution in [0.15, 0.2) is 71.5 Å². The number of nitrogens with zero attached hydrogens (tertiary/aromatic N) is 3. The summed E-state index contributed by atoms with van der Waals surface area (Å²) in [5, 5.41) is 7.48. The quantitative estimate of drug-likeness (QED) is 0.483. The summed E-state index contributed by atoms with van der Waals surface area (Å²) in [6, 6.07) is 16.0. The zero-order valence-corrected chi connectivity index (χ0v) is 16.8. The number of carbonyl (C=O) groups is 1. The van der Waals surface area contributed by atoms with Gasteiger partial charge >= 0.3 is 0 Å². The third kappa shape index (κ3) is 4.47. The van der Waals surface area contributed by atoms with Gasteiger partial charge in [0.25, 0.3) is 11.8 Å². The largest absolute Gasteiger partial charge is 0.484 e. The highest BCUT2D eigenvalue weighted by Crippen LogP contribution is 2.28. The van der Waals surface area contributed by atoms with Crippen LogP contribution in [0.3, 0.4) is 0 Å². The van der Waals surface area contributed by atoms with E-state index in [1.807, 2.05) is 19.1 Å². The molecule has 0 saturated carbocycles. The molecule has 0 radical (unpaired) electrons. The fourth-order valence-corrected chi connectivity index (χ4v) is 2.89. The van der Waals surface area contributed by atoms with Gasteiger partial charge in [0.2, 0.25) is 5.82 Å². The molecule has 1 N–H and O–H groups in total. The average Bonchev–Trinajstić information content (AvgIpc) is 3.26. The molecule has 0 fully saturated rings. The van der Waals surface area contributed by atoms with Crippen LogP contribution in [-0.2, 0) is 4.79 Å². The van der Waals surface area contributed by atoms with Crippen LogP contribution >= 0.6 is 11.6 Å². The third-order valence-electron chi connectivity index (χ3n) is 4.30. The van der Waals surface area contributed by atoms with E-state index in [0.717, 1.165) is 11.1 Å². The van der Waals surface area contributed by atoms with Gasteiger partial charge in [-0.1, -0.05) is 28.9 Å². The molecule has 4 rings (SSSR count). The van der Waals surface area contributed by atoms with E-state index >= 15 is 0 Å². The molecule has 2 heterocycles. The van der Waals surface area contributed by atoms with Crippen LogP contribution in [0.2, 0.25) is 5.02 Å². The number of aryl methyl sites for hydroxylation is 1. The fraction of sp³-hybridized carbons (Fsp3) is 0.0909. The van der Waals surface area contributed by atoms with Crippen molar-refractivity contribution in [3.8, 4) is 28.6 Å². The van der Waals surface area contributed by atoms with Crippen LogP contribution in [-0.4, -0.2) is 27.6 Å². The van der Waals surface area contributed by atoms with Crippen LogP contribution < -0.4 is 10.1 Å². The van der Waals surface area contributed by atoms with Gasteiger partial charge in [0, 0.05) is 23.0 Å². The predicted octanol–water partition coefficient (Wildman–Crippen LogP) is 4.78. The zero-order chi connectivity index (χ0) is 20.9. The SMILES string of the molecule is Cc1cc(OCC(=O)Nc2ccccc2-c2nc(-c3ccncc3)no2)ccc1Cl. The van der Waals surface area contributed by atoms with Crippen molar-refractivity contribution in [2.75, 3.05) is 11.9 Å². The van der Waals surface area contributed by atoms with Crippen molar-refractivity contribution in [3.63, 3.8) is 0 Å². The lowest BCUT2D eigenvalue weighted by atomic mass is 10.1. The van der Waals surface area contributed by atoms with Gasteiger partial charge in [-0.15, -0.1) is 0 Å². The first-order valence-corrected chi connectivity index (χ1v) is 9.50. The molecule has 2 aromatic carbocycles. The molecule has 0 aliphatic rings. The van der Waals surface area contributed by atoms with E-state index in [0.29, 0.717) is 33.7 Å². The molecule has 0 aliphatic carbocycles. The maximum atomic E-state index is 12.4. The predicted molar refractivity (Wildman–Crippen MR) is 113 cm³/mol. The second kappa shape index (κ2) is 8.75. The molecule has 0 spiro atoms. The Balaban J connectivity index is 1.47. The molecule has 0 atom stereocenters. The molecule has 1 amide bonds. The minimum absolute atomic E-state index is 0.151. The highest BCUT2D eigenvalue weighted by Gasteiger charge is 2.15. The van der Waals surface area contributed by atoms with E-state index in [1.54, 1.807) is 54.9 Å². The Morgan fingerprint density at radius 2 is 1.93 bits per heavy atom. The standard InChI is InChI=1S/C22H17ClN4O3/c1-14-12-16(6-7-18(14)23)29-13-20(28)25-19-5-3-2-4-17(19)22-26-21(27-30-22)15-8-10-24-11-9-15/h2-12H,13H2,1H3,(H,25,28). The minimum Gasteiger partial charge on any atom is -0.484 e. The van der Waals surface area contributed by atoms with Crippen molar-refractivity contribution in [1.82, 2.24) is 15.1 Å². The maximum absolute atomic E-state index is 12.4. The molecule has 8 heteroatoms. The second-order valence-corrected chi connectivity index (χ2v) is 6.86. The average molecular weight is 421 g/mol. The smallest absolute Gasteiger partial charge is 0.262 e. The molecule has 30 heavy (non-hydrogen) atoms. The van der Waals surface area contributed by atoms with Crippen LogP contribution in [0.1, 0.15) is 5.56 Å². The Bertz CT molecular complexity index is 1180. The summed E-state index contributed by atoms with van der Waals surface area (Å²) >= 11 is 6.01. The van der Waals surface area contributed by atoms with Gasteiger partial charge in [-0.3, -0.25) is 9.78 Å². The van der Waals surface area contributed by atoms with Gasteiger partial charge < -0.3 is 14.6 Å². The van der Waals surface area contributed by atoms with Crippen molar-refractivity contribution in [2.45, 2.75) is 6.92 Å². The molecule has 150 valence electrons. The number of anilines is 1. The summed E-state index contributed by atoms with van der Waals surface area (Å²) in [7, 11) is 0. The van der Waals surface area contributed by atoms with Crippen molar-refractivity contribution < 1.29 is 14.1 Å². The highest BCUT2D eigenvalue weighted by atomic mass is 35.5. The van der Waals surface area contributed by atoms with E-state index < -0.39 is 0 Å². The summed E-state index contributed by atoms with van der Waals surface area (Å²) in [4.78, 5) is 20.8. The molecular formula is C22H17ClN4O3. The number of hydrogen-bond donors (Lipinski definition) is 1. The first-order chi connectivity index (χ1) is 14.6. The summed E-state index contributed by atoms with van der Waals surface area (Å²) in [5.74, 6) is 0.991. The fourth-order valence-electron chi connectivity index (χ4n) is 2.77. The summed E-state index contributed by atoms with van der Waals surface area (Å²) < 4.78 is 11.0. The normalized spacial score (nSPS) is 10.6. The first-order valence-electron chi connectivity index (χ1n) is 9.12. The Kier molecular flexibility index (Phi) is 5.72. The number of benzene rings is 2. The van der Waals surface area contributed by atoms with Crippen LogP contribution in [0.4, 0.5) is 5.69 Å². The lowest BCUT2D eigenvalue weighted by molar-refractivity contribution is -0.118. The van der Waals surface area contributed by atoms with Gasteiger partial charge in [-0.05, 0) is 55.0 Å². The van der Waals surface area contributed by atoms with E-state index in [1.165, 1.54) is 0 Å². The third-order valence-corrected chi connectivity index (χ3v) is 4.72. The van der Waals surface area contributed by atoms with E-state index in [9.17, 15) is 4.79 Å². The van der Waals surface area contributed by atoms with Crippen LogP contribution in [0, 0.1) is 6.92 Å². The highest BCUT2D eigenvalue weighted by molar-refractivity contribution is 6.31. The zero-order valence-electron chi connectivity index (χ0n) is 16.0. The summed E-state index contributed by atoms with van der Waals surface area (Å²) in [5.41, 5.74) is 2.82. The Morgan fingerprint density at radius 3 is 2.73 bits per heavy atom. The lowest BCUT2D eigenvalue weighted by Crippen LogP contribution is -2.20. The first kappa shape index (κ1) is 19.6. The van der Waals surface area contributed by atoms with Gasteiger partial charge in [-0.25, -0.2) is 0 Å². The van der Waals surface area contributed by atoms with Gasteiger partial charge in [-0.2, -0.15) is 4.98 Å². The number of ether oxygens (including phenoxy) is 1. The number of para-hydroxylation sites is 1. The van der Waals surface area contributed by atoms with Crippen LogP contribution in [0.25, 0.3) is 22.8 Å². The Hall–Kier alpha value is -3.71. The Labute approximate surface area is 177 Å². The van der Waals surface area contributed by atoms with Gasteiger partial charge in [0.1, 0.15) is 5.75 Å². The summed E-state index contributed by atoms with van der Waals surface area (Å²) in [6.07, 6.45) is 3.31. The van der Waals surface area contributed by atoms with Gasteiger partial charge in [0.05, 0.1) is 11.3 Å². The van der Waals surface area contributed by atoms with E-state index in [4.69, 9.17) is 20.9 Å². The van der Waals surface area contributed by atoms with E-state index in [2.05, 4.69) is 20.4 Å². The molecule has 2 aromatic heterocycles. The number of halogens is 1. The van der Waals surface area contributed by atoms with Crippen molar-refractivity contribution >= 4 is 23.2 Å². The molecule has 0 unspecified atom stereocenters. The Morgan fingerprint density at radius 1 is 1.13 bits per heavy atom. The lowest BCUT2D eigenvalue weighted by Gasteiger charge is -2.10. The van der Waals surface area contributed by atoms with Gasteiger partial charge in [0.15, 0.2) is 6.61 Å². The van der Waals surface area contributed by atoms with Crippen LogP contribution in [0.5, 0.6) is 5.75 Å². The number of rotatable bonds is 6. The number of nitrogens with one attached hydrogen (secondary N) is 1. The monoisotopic (exact) mass is 420 g/mol. The molecule has 0 saturated heterocycles. The maximum Gasteiger partial charge on any atom is 0.262 e. The number of amides is 1. The molecular weight excluding hydrogens is 404 g/mol. The second-order valence-electron chi connectivity index (χ2n) is 6.45. The van der Waals surface area contributed by atoms with Crippen molar-refractivity contribution in [3.05, 3.63) is 77.6 Å². The number of carbonyl (C=O) groups excluding carboxylic acids is 1.